The molecule has 0 saturated heterocycles. The Morgan fingerprint density at radius 2 is 1.71 bits per heavy atom. The Kier molecular flexibility index (Phi) is 3.18. The maximum absolute atomic E-state index is 2.57. The highest BCUT2D eigenvalue weighted by atomic mass is 28.3. The number of benzene rings is 1. The number of hydrogen-bond donors (Lipinski definition) is 0. The van der Waals surface area contributed by atoms with Crippen LogP contribution in [-0.4, -0.2) is 8.07 Å². The second kappa shape index (κ2) is 4.57. The molecular formula is C20H26Si. The molecule has 1 aromatic carbocycles. The molecule has 2 aliphatic rings. The van der Waals surface area contributed by atoms with Crippen LogP contribution >= 0.6 is 0 Å². The quantitative estimate of drug-likeness (QED) is 0.578. The zero-order chi connectivity index (χ0) is 15.4. The molecule has 21 heavy (non-hydrogen) atoms. The minimum absolute atomic E-state index is 0.258. The molecule has 2 aliphatic carbocycles. The highest BCUT2D eigenvalue weighted by Gasteiger charge is 2.50. The van der Waals surface area contributed by atoms with Gasteiger partial charge in [0.1, 0.15) is 0 Å². The van der Waals surface area contributed by atoms with Crippen molar-refractivity contribution >= 4 is 14.1 Å². The van der Waals surface area contributed by atoms with Crippen molar-refractivity contribution in [2.24, 2.45) is 0 Å². The zero-order valence-corrected chi connectivity index (χ0v) is 15.1. The predicted octanol–water partition coefficient (Wildman–Crippen LogP) is 6.10. The van der Waals surface area contributed by atoms with Crippen LogP contribution in [0.4, 0.5) is 0 Å². The summed E-state index contributed by atoms with van der Waals surface area (Å²) in [5.74, 6) is 0. The summed E-state index contributed by atoms with van der Waals surface area (Å²) in [6, 6.07) is 8.92. The molecule has 0 heterocycles. The molecule has 0 saturated carbocycles. The van der Waals surface area contributed by atoms with Gasteiger partial charge < -0.3 is 0 Å². The van der Waals surface area contributed by atoms with Crippen LogP contribution in [0.5, 0.6) is 0 Å². The summed E-state index contributed by atoms with van der Waals surface area (Å²) in [7, 11) is -1.58. The van der Waals surface area contributed by atoms with Crippen molar-refractivity contribution in [1.29, 1.82) is 0 Å². The van der Waals surface area contributed by atoms with E-state index in [9.17, 15) is 0 Å². The standard InChI is InChI=1S/C20H26Si/c1-14-13-20(4,16(3)15(14)2)21(5,6)19-12-11-17-9-7-8-10-18(17)19/h7-13,19H,1-6H3. The van der Waals surface area contributed by atoms with Gasteiger partial charge in [0.15, 0.2) is 0 Å². The molecule has 0 fully saturated rings. The smallest absolute Gasteiger partial charge is 0.0745 e. The van der Waals surface area contributed by atoms with Gasteiger partial charge in [0, 0.05) is 5.04 Å². The van der Waals surface area contributed by atoms with Gasteiger partial charge in [0.05, 0.1) is 8.07 Å². The molecule has 0 nitrogen and oxygen atoms in total. The topological polar surface area (TPSA) is 0 Å². The van der Waals surface area contributed by atoms with Crippen LogP contribution in [0.2, 0.25) is 18.1 Å². The van der Waals surface area contributed by atoms with Gasteiger partial charge in [0.2, 0.25) is 0 Å². The number of rotatable bonds is 2. The number of fused-ring (bicyclic) bond motifs is 1. The average molecular weight is 295 g/mol. The van der Waals surface area contributed by atoms with Crippen molar-refractivity contribution in [3.05, 3.63) is 64.3 Å². The SMILES string of the molecule is CC1=CC(C)([Si](C)(C)C2C=Cc3ccccc32)C(C)=C1C. The predicted molar refractivity (Wildman–Crippen MR) is 96.2 cm³/mol. The van der Waals surface area contributed by atoms with Crippen LogP contribution in [0.25, 0.3) is 6.08 Å². The van der Waals surface area contributed by atoms with Crippen LogP contribution in [0.15, 0.2) is 53.1 Å². The highest BCUT2D eigenvalue weighted by molar-refractivity contribution is 6.83. The Morgan fingerprint density at radius 3 is 2.33 bits per heavy atom. The zero-order valence-electron chi connectivity index (χ0n) is 14.1. The van der Waals surface area contributed by atoms with Crippen LogP contribution in [0.3, 0.4) is 0 Å². The van der Waals surface area contributed by atoms with Gasteiger partial charge in [-0.15, -0.1) is 0 Å². The lowest BCUT2D eigenvalue weighted by atomic mass is 10.0. The molecule has 0 amide bonds. The van der Waals surface area contributed by atoms with Crippen molar-refractivity contribution in [3.8, 4) is 0 Å². The van der Waals surface area contributed by atoms with E-state index in [1.807, 2.05) is 0 Å². The van der Waals surface area contributed by atoms with Crippen molar-refractivity contribution in [1.82, 2.24) is 0 Å². The fourth-order valence-corrected chi connectivity index (χ4v) is 8.21. The third-order valence-corrected chi connectivity index (χ3v) is 11.6. The summed E-state index contributed by atoms with van der Waals surface area (Å²) < 4.78 is 0. The molecule has 0 bridgehead atoms. The van der Waals surface area contributed by atoms with Crippen LogP contribution in [0.1, 0.15) is 44.4 Å². The second-order valence-corrected chi connectivity index (χ2v) is 12.6. The Bertz CT molecular complexity index is 688. The summed E-state index contributed by atoms with van der Waals surface area (Å²) in [5.41, 5.74) is 8.15. The number of hydrogen-bond acceptors (Lipinski definition) is 0. The van der Waals surface area contributed by atoms with E-state index in [2.05, 4.69) is 83.3 Å². The first-order valence-corrected chi connectivity index (χ1v) is 11.0. The Balaban J connectivity index is 2.10. The molecule has 110 valence electrons. The Morgan fingerprint density at radius 1 is 1.05 bits per heavy atom. The molecule has 2 unspecified atom stereocenters. The first-order valence-electron chi connectivity index (χ1n) is 7.94. The van der Waals surface area contributed by atoms with Gasteiger partial charge in [-0.1, -0.05) is 73.7 Å². The van der Waals surface area contributed by atoms with Crippen molar-refractivity contribution in [2.75, 3.05) is 0 Å². The molecule has 0 N–H and O–H groups in total. The van der Waals surface area contributed by atoms with E-state index in [4.69, 9.17) is 0 Å². The van der Waals surface area contributed by atoms with E-state index in [0.29, 0.717) is 5.54 Å². The molecular weight excluding hydrogens is 268 g/mol. The van der Waals surface area contributed by atoms with Gasteiger partial charge in [-0.05, 0) is 43.0 Å². The van der Waals surface area contributed by atoms with E-state index in [-0.39, 0.29) is 5.04 Å². The molecule has 3 rings (SSSR count). The third-order valence-electron chi connectivity index (χ3n) is 6.35. The fourth-order valence-electron chi connectivity index (χ4n) is 4.21. The number of allylic oxidation sites excluding steroid dienone is 5. The molecule has 0 aliphatic heterocycles. The molecule has 0 radical (unpaired) electrons. The summed E-state index contributed by atoms with van der Waals surface area (Å²) in [5, 5.41) is 0.258. The average Bonchev–Trinajstić information content (AvgIpc) is 2.96. The maximum atomic E-state index is 2.57. The van der Waals surface area contributed by atoms with E-state index >= 15 is 0 Å². The minimum atomic E-state index is -1.58. The first-order chi connectivity index (χ1) is 9.79. The van der Waals surface area contributed by atoms with Gasteiger partial charge in [-0.25, -0.2) is 0 Å². The van der Waals surface area contributed by atoms with Crippen molar-refractivity contribution < 1.29 is 0 Å². The summed E-state index contributed by atoms with van der Waals surface area (Å²) in [6.45, 7) is 14.5. The maximum Gasteiger partial charge on any atom is 0.0745 e. The monoisotopic (exact) mass is 294 g/mol. The normalized spacial score (nSPS) is 28.1. The highest BCUT2D eigenvalue weighted by Crippen LogP contribution is 2.58. The van der Waals surface area contributed by atoms with Crippen molar-refractivity contribution in [3.63, 3.8) is 0 Å². The molecule has 1 heteroatoms. The van der Waals surface area contributed by atoms with Crippen LogP contribution in [0, 0.1) is 0 Å². The Hall–Kier alpha value is -1.34. The van der Waals surface area contributed by atoms with E-state index < -0.39 is 8.07 Å². The van der Waals surface area contributed by atoms with Gasteiger partial charge in [0.25, 0.3) is 0 Å². The van der Waals surface area contributed by atoms with Crippen LogP contribution in [-0.2, 0) is 0 Å². The molecule has 1 aromatic rings. The molecule has 2 atom stereocenters. The lowest BCUT2D eigenvalue weighted by Gasteiger charge is -2.44. The second-order valence-electron chi connectivity index (χ2n) is 7.47. The summed E-state index contributed by atoms with van der Waals surface area (Å²) in [4.78, 5) is 0. The summed E-state index contributed by atoms with van der Waals surface area (Å²) >= 11 is 0. The molecule has 0 aromatic heterocycles. The fraction of sp³-hybridized carbons (Fsp3) is 0.400. The summed E-state index contributed by atoms with van der Waals surface area (Å²) in [6.07, 6.45) is 7.35. The third kappa shape index (κ3) is 1.87. The van der Waals surface area contributed by atoms with Crippen LogP contribution < -0.4 is 0 Å². The van der Waals surface area contributed by atoms with Crippen molar-refractivity contribution in [2.45, 2.75) is 51.4 Å². The lowest BCUT2D eigenvalue weighted by molar-refractivity contribution is 0.823. The largest absolute Gasteiger partial charge is 0.0791 e. The molecule has 0 spiro atoms. The van der Waals surface area contributed by atoms with E-state index in [1.54, 1.807) is 11.1 Å². The Labute approximate surface area is 130 Å². The minimum Gasteiger partial charge on any atom is -0.0791 e. The first kappa shape index (κ1) is 14.6. The van der Waals surface area contributed by atoms with E-state index in [1.165, 1.54) is 16.7 Å². The van der Waals surface area contributed by atoms with Gasteiger partial charge >= 0.3 is 0 Å². The van der Waals surface area contributed by atoms with Gasteiger partial charge in [-0.2, -0.15) is 0 Å². The van der Waals surface area contributed by atoms with Gasteiger partial charge in [-0.3, -0.25) is 0 Å². The van der Waals surface area contributed by atoms with E-state index in [0.717, 1.165) is 0 Å². The lowest BCUT2D eigenvalue weighted by Crippen LogP contribution is -2.45.